The van der Waals surface area contributed by atoms with Gasteiger partial charge in [-0.2, -0.15) is 4.31 Å². The Bertz CT molecular complexity index is 670. The SMILES string of the molecule is CC1(OCC(=O)O)CN(S(=O)(=O)c2ccc(F)cc2F)C1. The topological polar surface area (TPSA) is 83.9 Å². The molecule has 116 valence electrons. The van der Waals surface area contributed by atoms with Crippen LogP contribution in [-0.2, 0) is 19.6 Å². The second kappa shape index (κ2) is 5.32. The van der Waals surface area contributed by atoms with Crippen LogP contribution in [0.5, 0.6) is 0 Å². The zero-order valence-electron chi connectivity index (χ0n) is 11.0. The van der Waals surface area contributed by atoms with Crippen LogP contribution in [-0.4, -0.2) is 49.1 Å². The minimum Gasteiger partial charge on any atom is -0.480 e. The molecule has 0 aliphatic carbocycles. The molecular formula is C12H13F2NO5S. The Hall–Kier alpha value is -1.58. The number of sulfonamides is 1. The maximum absolute atomic E-state index is 13.6. The van der Waals surface area contributed by atoms with Gasteiger partial charge in [0.1, 0.15) is 23.1 Å². The number of aliphatic carboxylic acids is 1. The molecule has 1 aliphatic rings. The molecule has 0 spiro atoms. The van der Waals surface area contributed by atoms with E-state index < -0.39 is 44.7 Å². The molecule has 0 radical (unpaired) electrons. The van der Waals surface area contributed by atoms with Crippen molar-refractivity contribution in [2.45, 2.75) is 17.4 Å². The van der Waals surface area contributed by atoms with Gasteiger partial charge in [-0.15, -0.1) is 0 Å². The highest BCUT2D eigenvalue weighted by Gasteiger charge is 2.47. The van der Waals surface area contributed by atoms with E-state index >= 15 is 0 Å². The second-order valence-corrected chi connectivity index (χ2v) is 6.89. The molecule has 0 saturated carbocycles. The van der Waals surface area contributed by atoms with Crippen molar-refractivity contribution in [1.82, 2.24) is 4.31 Å². The minimum absolute atomic E-state index is 0.0978. The van der Waals surface area contributed by atoms with Crippen molar-refractivity contribution in [3.63, 3.8) is 0 Å². The zero-order chi connectivity index (χ0) is 15.8. The number of halogens is 2. The lowest BCUT2D eigenvalue weighted by Crippen LogP contribution is -2.63. The van der Waals surface area contributed by atoms with E-state index in [0.717, 1.165) is 16.4 Å². The van der Waals surface area contributed by atoms with Crippen molar-refractivity contribution in [2.24, 2.45) is 0 Å². The van der Waals surface area contributed by atoms with Gasteiger partial charge in [0.2, 0.25) is 10.0 Å². The van der Waals surface area contributed by atoms with Crippen molar-refractivity contribution < 1.29 is 31.8 Å². The van der Waals surface area contributed by atoms with Crippen molar-refractivity contribution in [1.29, 1.82) is 0 Å². The number of carboxylic acid groups (broad SMARTS) is 1. The number of carboxylic acids is 1. The summed E-state index contributed by atoms with van der Waals surface area (Å²) in [6.07, 6.45) is 0. The lowest BCUT2D eigenvalue weighted by Gasteiger charge is -2.46. The molecule has 1 N–H and O–H groups in total. The summed E-state index contributed by atoms with van der Waals surface area (Å²) in [5.41, 5.74) is -0.929. The van der Waals surface area contributed by atoms with Gasteiger partial charge < -0.3 is 9.84 Å². The predicted octanol–water partition coefficient (Wildman–Crippen LogP) is 0.829. The first-order chi connectivity index (χ1) is 9.64. The van der Waals surface area contributed by atoms with E-state index in [2.05, 4.69) is 0 Å². The van der Waals surface area contributed by atoms with E-state index in [1.165, 1.54) is 0 Å². The standard InChI is InChI=1S/C12H13F2NO5S/c1-12(20-5-11(16)17)6-15(7-12)21(18,19)10-3-2-8(13)4-9(10)14/h2-4H,5-7H2,1H3,(H,16,17). The molecule has 21 heavy (non-hydrogen) atoms. The summed E-state index contributed by atoms with van der Waals surface area (Å²) in [7, 11) is -4.10. The average Bonchev–Trinajstić information content (AvgIpc) is 2.32. The molecule has 1 fully saturated rings. The maximum atomic E-state index is 13.6. The fourth-order valence-corrected chi connectivity index (χ4v) is 3.73. The molecule has 1 aromatic rings. The number of benzene rings is 1. The molecular weight excluding hydrogens is 308 g/mol. The van der Waals surface area contributed by atoms with Gasteiger partial charge in [0, 0.05) is 19.2 Å². The monoisotopic (exact) mass is 321 g/mol. The molecule has 2 rings (SSSR count). The van der Waals surface area contributed by atoms with Crippen molar-refractivity contribution >= 4 is 16.0 Å². The maximum Gasteiger partial charge on any atom is 0.329 e. The Labute approximate surface area is 120 Å². The molecule has 0 unspecified atom stereocenters. The van der Waals surface area contributed by atoms with Crippen molar-refractivity contribution in [2.75, 3.05) is 19.7 Å². The third kappa shape index (κ3) is 3.20. The molecule has 1 aromatic carbocycles. The summed E-state index contributed by atoms with van der Waals surface area (Å²) < 4.78 is 56.7. The highest BCUT2D eigenvalue weighted by atomic mass is 32.2. The quantitative estimate of drug-likeness (QED) is 0.868. The molecule has 0 atom stereocenters. The Kier molecular flexibility index (Phi) is 4.00. The summed E-state index contributed by atoms with van der Waals surface area (Å²) in [4.78, 5) is 9.80. The fourth-order valence-electron chi connectivity index (χ4n) is 2.02. The third-order valence-corrected chi connectivity index (χ3v) is 4.90. The smallest absolute Gasteiger partial charge is 0.329 e. The van der Waals surface area contributed by atoms with Crippen LogP contribution in [0.1, 0.15) is 6.92 Å². The van der Waals surface area contributed by atoms with Gasteiger partial charge in [-0.05, 0) is 19.1 Å². The Balaban J connectivity index is 2.11. The second-order valence-electron chi connectivity index (χ2n) is 4.98. The number of rotatable bonds is 5. The molecule has 9 heteroatoms. The van der Waals surface area contributed by atoms with Crippen molar-refractivity contribution in [3.8, 4) is 0 Å². The first-order valence-corrected chi connectivity index (χ1v) is 7.39. The molecule has 1 aliphatic heterocycles. The zero-order valence-corrected chi connectivity index (χ0v) is 11.9. The molecule has 0 amide bonds. The number of carbonyl (C=O) groups is 1. The van der Waals surface area contributed by atoms with Gasteiger partial charge in [-0.1, -0.05) is 0 Å². The Morgan fingerprint density at radius 2 is 2.05 bits per heavy atom. The summed E-state index contributed by atoms with van der Waals surface area (Å²) in [5, 5.41) is 8.52. The van der Waals surface area contributed by atoms with E-state index in [1.807, 2.05) is 0 Å². The lowest BCUT2D eigenvalue weighted by atomic mass is 10.0. The summed E-state index contributed by atoms with van der Waals surface area (Å²) in [6, 6.07) is 2.20. The van der Waals surface area contributed by atoms with Crippen LogP contribution >= 0.6 is 0 Å². The van der Waals surface area contributed by atoms with Gasteiger partial charge in [-0.3, -0.25) is 0 Å². The van der Waals surface area contributed by atoms with E-state index in [9.17, 15) is 22.0 Å². The number of nitrogens with zero attached hydrogens (tertiary/aromatic N) is 1. The summed E-state index contributed by atoms with van der Waals surface area (Å²) >= 11 is 0. The van der Waals surface area contributed by atoms with Gasteiger partial charge in [-0.25, -0.2) is 22.0 Å². The fraction of sp³-hybridized carbons (Fsp3) is 0.417. The van der Waals surface area contributed by atoms with E-state index in [1.54, 1.807) is 6.92 Å². The first-order valence-electron chi connectivity index (χ1n) is 5.95. The van der Waals surface area contributed by atoms with E-state index in [4.69, 9.17) is 9.84 Å². The van der Waals surface area contributed by atoms with Crippen LogP contribution in [0.15, 0.2) is 23.1 Å². The molecule has 6 nitrogen and oxygen atoms in total. The highest BCUT2D eigenvalue weighted by Crippen LogP contribution is 2.31. The lowest BCUT2D eigenvalue weighted by molar-refractivity contribution is -0.157. The van der Waals surface area contributed by atoms with Gasteiger partial charge in [0.25, 0.3) is 0 Å². The van der Waals surface area contributed by atoms with Gasteiger partial charge in [0.15, 0.2) is 0 Å². The largest absolute Gasteiger partial charge is 0.480 e. The van der Waals surface area contributed by atoms with Gasteiger partial charge >= 0.3 is 5.97 Å². The summed E-state index contributed by atoms with van der Waals surface area (Å²) in [5.74, 6) is -3.21. The third-order valence-electron chi connectivity index (χ3n) is 3.08. The minimum atomic E-state index is -4.10. The molecule has 1 saturated heterocycles. The van der Waals surface area contributed by atoms with Crippen LogP contribution in [0.2, 0.25) is 0 Å². The average molecular weight is 321 g/mol. The predicted molar refractivity (Wildman–Crippen MR) is 67.1 cm³/mol. The number of ether oxygens (including phenoxy) is 1. The van der Waals surface area contributed by atoms with Crippen LogP contribution in [0, 0.1) is 11.6 Å². The Morgan fingerprint density at radius 3 is 2.57 bits per heavy atom. The summed E-state index contributed by atoms with van der Waals surface area (Å²) in [6.45, 7) is 0.817. The van der Waals surface area contributed by atoms with Crippen LogP contribution < -0.4 is 0 Å². The van der Waals surface area contributed by atoms with E-state index in [-0.39, 0.29) is 13.1 Å². The van der Waals surface area contributed by atoms with Crippen molar-refractivity contribution in [3.05, 3.63) is 29.8 Å². The highest BCUT2D eigenvalue weighted by molar-refractivity contribution is 7.89. The van der Waals surface area contributed by atoms with Gasteiger partial charge in [0.05, 0.1) is 5.60 Å². The molecule has 0 bridgehead atoms. The molecule has 0 aromatic heterocycles. The van der Waals surface area contributed by atoms with Crippen LogP contribution in [0.4, 0.5) is 8.78 Å². The number of hydrogen-bond donors (Lipinski definition) is 1. The first kappa shape index (κ1) is 15.8. The van der Waals surface area contributed by atoms with Crippen LogP contribution in [0.25, 0.3) is 0 Å². The Morgan fingerprint density at radius 1 is 1.43 bits per heavy atom. The van der Waals surface area contributed by atoms with E-state index in [0.29, 0.717) is 6.07 Å². The number of hydrogen-bond acceptors (Lipinski definition) is 4. The normalized spacial score (nSPS) is 18.2. The molecule has 1 heterocycles. The van der Waals surface area contributed by atoms with Crippen LogP contribution in [0.3, 0.4) is 0 Å².